The molecule has 8 heteroatoms. The van der Waals surface area contributed by atoms with Crippen molar-refractivity contribution in [2.45, 2.75) is 49.8 Å². The van der Waals surface area contributed by atoms with Crippen LogP contribution in [0.25, 0.3) is 0 Å². The second-order valence-electron chi connectivity index (χ2n) is 8.03. The molecule has 4 rings (SSSR count). The lowest BCUT2D eigenvalue weighted by atomic mass is 9.87. The molecule has 31 heavy (non-hydrogen) atoms. The minimum absolute atomic E-state index is 0.370. The van der Waals surface area contributed by atoms with E-state index in [0.29, 0.717) is 42.2 Å². The number of aliphatic hydroxyl groups is 4. The van der Waals surface area contributed by atoms with Crippen molar-refractivity contribution in [1.29, 1.82) is 0 Å². The lowest BCUT2D eigenvalue weighted by Crippen LogP contribution is -2.55. The molecule has 168 valence electrons. The molecule has 2 aromatic carbocycles. The fourth-order valence-corrected chi connectivity index (χ4v) is 4.59. The number of hydrogen-bond acceptors (Lipinski definition) is 6. The van der Waals surface area contributed by atoms with Crippen molar-refractivity contribution in [1.82, 2.24) is 0 Å². The van der Waals surface area contributed by atoms with Gasteiger partial charge in [0.25, 0.3) is 0 Å². The first-order valence-electron chi connectivity index (χ1n) is 10.4. The molecule has 6 nitrogen and oxygen atoms in total. The fraction of sp³-hybridized carbons (Fsp3) is 0.478. The van der Waals surface area contributed by atoms with Gasteiger partial charge < -0.3 is 29.9 Å². The van der Waals surface area contributed by atoms with E-state index in [1.165, 1.54) is 0 Å². The van der Waals surface area contributed by atoms with Gasteiger partial charge >= 0.3 is 0 Å². The highest BCUT2D eigenvalue weighted by molar-refractivity contribution is 6.33. The first-order valence-corrected chi connectivity index (χ1v) is 10.7. The second kappa shape index (κ2) is 9.40. The van der Waals surface area contributed by atoms with Crippen molar-refractivity contribution in [2.75, 3.05) is 19.9 Å². The Morgan fingerprint density at radius 3 is 2.42 bits per heavy atom. The van der Waals surface area contributed by atoms with Crippen LogP contribution in [-0.4, -0.2) is 64.7 Å². The van der Waals surface area contributed by atoms with E-state index in [1.807, 2.05) is 30.3 Å². The van der Waals surface area contributed by atoms with Gasteiger partial charge in [-0.15, -0.1) is 0 Å². The van der Waals surface area contributed by atoms with Crippen LogP contribution in [0, 0.1) is 0 Å². The molecule has 0 bridgehead atoms. The van der Waals surface area contributed by atoms with E-state index < -0.39 is 43.8 Å². The molecule has 2 heterocycles. The lowest BCUT2D eigenvalue weighted by Gasteiger charge is -2.40. The maximum Gasteiger partial charge on any atom is 0.141 e. The zero-order valence-corrected chi connectivity index (χ0v) is 17.6. The van der Waals surface area contributed by atoms with E-state index in [-0.39, 0.29) is 0 Å². The van der Waals surface area contributed by atoms with Crippen molar-refractivity contribution in [3.63, 3.8) is 0 Å². The van der Waals surface area contributed by atoms with Crippen molar-refractivity contribution in [2.24, 2.45) is 0 Å². The number of benzene rings is 2. The molecule has 4 N–H and O–H groups in total. The third-order valence-electron chi connectivity index (χ3n) is 6.03. The van der Waals surface area contributed by atoms with Crippen LogP contribution in [-0.2, 0) is 24.0 Å². The molecule has 0 spiro atoms. The molecule has 2 aliphatic heterocycles. The molecule has 0 saturated carbocycles. The summed E-state index contributed by atoms with van der Waals surface area (Å²) < 4.78 is 24.1. The van der Waals surface area contributed by atoms with E-state index >= 15 is 0 Å². The predicted molar refractivity (Wildman–Crippen MR) is 112 cm³/mol. The highest BCUT2D eigenvalue weighted by Gasteiger charge is 2.45. The van der Waals surface area contributed by atoms with Crippen LogP contribution in [0.15, 0.2) is 30.3 Å². The predicted octanol–water partition coefficient (Wildman–Crippen LogP) is 1.89. The Balaban J connectivity index is 1.70. The number of ether oxygens (including phenoxy) is 2. The van der Waals surface area contributed by atoms with Gasteiger partial charge in [0, 0.05) is 18.4 Å². The summed E-state index contributed by atoms with van der Waals surface area (Å²) in [5, 5.41) is 41.0. The van der Waals surface area contributed by atoms with Gasteiger partial charge in [0.2, 0.25) is 0 Å². The molecule has 0 unspecified atom stereocenters. The van der Waals surface area contributed by atoms with Gasteiger partial charge in [0.05, 0.1) is 24.9 Å². The fourth-order valence-electron chi connectivity index (χ4n) is 4.31. The minimum Gasteiger partial charge on any atom is -0.491 e. The number of rotatable bonds is 6. The normalized spacial score (nSPS) is 27.7. The molecule has 2 aliphatic rings. The van der Waals surface area contributed by atoms with Crippen molar-refractivity contribution in [3.05, 3.63) is 63.2 Å². The lowest BCUT2D eigenvalue weighted by molar-refractivity contribution is -0.231. The third kappa shape index (κ3) is 4.31. The maximum atomic E-state index is 12.6. The van der Waals surface area contributed by atoms with E-state index in [9.17, 15) is 24.8 Å². The maximum absolute atomic E-state index is 12.6. The average Bonchev–Trinajstić information content (AvgIpc) is 3.27. The quantitative estimate of drug-likeness (QED) is 0.534. The van der Waals surface area contributed by atoms with Crippen LogP contribution >= 0.6 is 11.6 Å². The summed E-state index contributed by atoms with van der Waals surface area (Å²) in [6.45, 7) is -0.470. The van der Waals surface area contributed by atoms with Crippen molar-refractivity contribution < 1.29 is 34.3 Å². The zero-order valence-electron chi connectivity index (χ0n) is 16.9. The number of hydrogen-bond donors (Lipinski definition) is 4. The average molecular weight is 453 g/mol. The van der Waals surface area contributed by atoms with Gasteiger partial charge in [-0.25, -0.2) is 0 Å². The molecule has 0 aliphatic carbocycles. The molecular formula is C23H26ClFO6. The number of aliphatic hydroxyl groups excluding tert-OH is 4. The largest absolute Gasteiger partial charge is 0.491 e. The Bertz CT molecular complexity index is 919. The Kier molecular flexibility index (Phi) is 6.81. The van der Waals surface area contributed by atoms with Gasteiger partial charge in [-0.2, -0.15) is 0 Å². The third-order valence-corrected chi connectivity index (χ3v) is 6.45. The van der Waals surface area contributed by atoms with E-state index in [1.54, 1.807) is 0 Å². The Morgan fingerprint density at radius 2 is 1.74 bits per heavy atom. The van der Waals surface area contributed by atoms with Gasteiger partial charge in [0.1, 0.15) is 36.3 Å². The van der Waals surface area contributed by atoms with E-state index in [2.05, 4.69) is 0 Å². The number of fused-ring (bicyclic) bond motifs is 1. The molecule has 5 atom stereocenters. The molecular weight excluding hydrogens is 427 g/mol. The van der Waals surface area contributed by atoms with Crippen molar-refractivity contribution in [3.8, 4) is 5.75 Å². The smallest absolute Gasteiger partial charge is 0.141 e. The summed E-state index contributed by atoms with van der Waals surface area (Å²) in [4.78, 5) is 0. The zero-order chi connectivity index (χ0) is 22.1. The highest BCUT2D eigenvalue weighted by Crippen LogP contribution is 2.44. The number of aryl methyl sites for hydroxylation is 1. The number of alkyl halides is 1. The first-order chi connectivity index (χ1) is 14.9. The molecule has 0 radical (unpaired) electrons. The van der Waals surface area contributed by atoms with Crippen LogP contribution < -0.4 is 4.74 Å². The molecule has 0 amide bonds. The summed E-state index contributed by atoms with van der Waals surface area (Å²) in [5.74, 6) is 0.528. The summed E-state index contributed by atoms with van der Waals surface area (Å²) in [5.41, 5.74) is 4.06. The first kappa shape index (κ1) is 22.5. The van der Waals surface area contributed by atoms with Gasteiger partial charge in [-0.3, -0.25) is 4.39 Å². The minimum atomic E-state index is -1.46. The molecule has 0 aromatic heterocycles. The second-order valence-corrected chi connectivity index (χ2v) is 8.40. The molecule has 2 aromatic rings. The number of halogens is 2. The van der Waals surface area contributed by atoms with Crippen LogP contribution in [0.5, 0.6) is 5.75 Å². The monoisotopic (exact) mass is 452 g/mol. The SMILES string of the molecule is OC[C@H]1O[C@@H](c2cc(Cc3ccc(CCF)cc3)c(Cl)c3c2CCO3)[C@H](O)[C@@H](O)[C@@H]1O. The van der Waals surface area contributed by atoms with E-state index in [0.717, 1.165) is 22.3 Å². The summed E-state index contributed by atoms with van der Waals surface area (Å²) in [6.07, 6.45) is -4.79. The Morgan fingerprint density at radius 1 is 1.03 bits per heavy atom. The standard InChI is InChI=1S/C23H26ClFO6/c24-18-14(9-13-3-1-12(2-4-13)5-7-25)10-16(15-6-8-30-22(15)18)23-21(29)20(28)19(27)17(11-26)31-23/h1-4,10,17,19-21,23,26-29H,5-9,11H2/t17-,19-,20+,21-,23+/m1/s1. The molecule has 1 saturated heterocycles. The van der Waals surface area contributed by atoms with Crippen molar-refractivity contribution >= 4 is 11.6 Å². The van der Waals surface area contributed by atoms with E-state index in [4.69, 9.17) is 21.1 Å². The Hall–Kier alpha value is -1.74. The van der Waals surface area contributed by atoms with Crippen LogP contribution in [0.4, 0.5) is 4.39 Å². The van der Waals surface area contributed by atoms with Gasteiger partial charge in [-0.1, -0.05) is 41.9 Å². The Labute approximate surface area is 184 Å². The van der Waals surface area contributed by atoms with Crippen LogP contribution in [0.2, 0.25) is 5.02 Å². The summed E-state index contributed by atoms with van der Waals surface area (Å²) in [7, 11) is 0. The van der Waals surface area contributed by atoms with Gasteiger partial charge in [-0.05, 0) is 28.7 Å². The van der Waals surface area contributed by atoms with Crippen LogP contribution in [0.3, 0.4) is 0 Å². The topological polar surface area (TPSA) is 99.4 Å². The summed E-state index contributed by atoms with van der Waals surface area (Å²) >= 11 is 6.63. The van der Waals surface area contributed by atoms with Crippen LogP contribution in [0.1, 0.15) is 33.9 Å². The highest BCUT2D eigenvalue weighted by atomic mass is 35.5. The molecule has 1 fully saturated rings. The van der Waals surface area contributed by atoms with Gasteiger partial charge in [0.15, 0.2) is 0 Å². The summed E-state index contributed by atoms with van der Waals surface area (Å²) in [6, 6.07) is 9.43.